The van der Waals surface area contributed by atoms with Crippen molar-refractivity contribution in [3.8, 4) is 17.2 Å². The Hall–Kier alpha value is -3.15. The van der Waals surface area contributed by atoms with Crippen molar-refractivity contribution in [3.05, 3.63) is 72.6 Å². The van der Waals surface area contributed by atoms with Gasteiger partial charge in [0.1, 0.15) is 17.8 Å². The third-order valence-electron chi connectivity index (χ3n) is 4.38. The van der Waals surface area contributed by atoms with E-state index in [1.54, 1.807) is 12.5 Å². The van der Waals surface area contributed by atoms with E-state index < -0.39 is 0 Å². The second-order valence-corrected chi connectivity index (χ2v) is 6.58. The summed E-state index contributed by atoms with van der Waals surface area (Å²) in [5.74, 6) is 2.74. The summed E-state index contributed by atoms with van der Waals surface area (Å²) in [6, 6.07) is 8.32. The molecular formula is C20H21N5O. The first-order valence-corrected chi connectivity index (χ1v) is 8.68. The SMILES string of the molecule is Cc1nccn1-c1ccccc1Cn1ccnc1-c1coc(C(C)C)n1. The van der Waals surface area contributed by atoms with Gasteiger partial charge in [-0.05, 0) is 18.6 Å². The number of nitrogens with zero attached hydrogens (tertiary/aromatic N) is 5. The van der Waals surface area contributed by atoms with Gasteiger partial charge in [-0.15, -0.1) is 0 Å². The number of imidazole rings is 2. The molecule has 0 unspecified atom stereocenters. The van der Waals surface area contributed by atoms with Crippen LogP contribution in [-0.2, 0) is 6.54 Å². The molecule has 0 spiro atoms. The molecule has 132 valence electrons. The van der Waals surface area contributed by atoms with Crippen LogP contribution in [0.3, 0.4) is 0 Å². The Kier molecular flexibility index (Phi) is 4.16. The fraction of sp³-hybridized carbons (Fsp3) is 0.250. The van der Waals surface area contributed by atoms with Crippen LogP contribution < -0.4 is 0 Å². The quantitative estimate of drug-likeness (QED) is 0.543. The Labute approximate surface area is 152 Å². The van der Waals surface area contributed by atoms with Crippen molar-refractivity contribution in [2.45, 2.75) is 33.2 Å². The molecule has 6 heteroatoms. The van der Waals surface area contributed by atoms with Crippen molar-refractivity contribution in [2.24, 2.45) is 0 Å². The maximum Gasteiger partial charge on any atom is 0.197 e. The molecule has 0 fully saturated rings. The lowest BCUT2D eigenvalue weighted by Gasteiger charge is -2.13. The maximum absolute atomic E-state index is 5.58. The van der Waals surface area contributed by atoms with E-state index in [9.17, 15) is 0 Å². The molecule has 0 radical (unpaired) electrons. The summed E-state index contributed by atoms with van der Waals surface area (Å²) in [4.78, 5) is 13.4. The standard InChI is InChI=1S/C20H21N5O/c1-14(2)20-23-17(13-26-20)19-22-8-10-24(19)12-16-6-4-5-7-18(16)25-11-9-21-15(25)3/h4-11,13-14H,12H2,1-3H3. The second-order valence-electron chi connectivity index (χ2n) is 6.58. The fourth-order valence-electron chi connectivity index (χ4n) is 3.02. The fourth-order valence-corrected chi connectivity index (χ4v) is 3.02. The van der Waals surface area contributed by atoms with Gasteiger partial charge >= 0.3 is 0 Å². The molecule has 0 N–H and O–H groups in total. The molecule has 3 heterocycles. The number of oxazole rings is 1. The summed E-state index contributed by atoms with van der Waals surface area (Å²) in [6.07, 6.45) is 9.24. The summed E-state index contributed by atoms with van der Waals surface area (Å²) >= 11 is 0. The number of benzene rings is 1. The van der Waals surface area contributed by atoms with Crippen LogP contribution in [0.1, 0.15) is 37.0 Å². The van der Waals surface area contributed by atoms with Gasteiger partial charge in [0, 0.05) is 30.7 Å². The summed E-state index contributed by atoms with van der Waals surface area (Å²) in [5.41, 5.74) is 3.06. The highest BCUT2D eigenvalue weighted by Gasteiger charge is 2.15. The highest BCUT2D eigenvalue weighted by molar-refractivity contribution is 5.49. The van der Waals surface area contributed by atoms with Gasteiger partial charge in [-0.1, -0.05) is 32.0 Å². The van der Waals surface area contributed by atoms with Crippen molar-refractivity contribution in [3.63, 3.8) is 0 Å². The van der Waals surface area contributed by atoms with Gasteiger partial charge in [0.2, 0.25) is 0 Å². The highest BCUT2D eigenvalue weighted by atomic mass is 16.3. The zero-order valence-electron chi connectivity index (χ0n) is 15.1. The van der Waals surface area contributed by atoms with Crippen LogP contribution in [0, 0.1) is 6.92 Å². The Bertz CT molecular complexity index is 1020. The first-order chi connectivity index (χ1) is 12.6. The molecule has 4 aromatic rings. The Morgan fingerprint density at radius 1 is 1.08 bits per heavy atom. The Balaban J connectivity index is 1.70. The van der Waals surface area contributed by atoms with Crippen LogP contribution in [0.4, 0.5) is 0 Å². The number of para-hydroxylation sites is 1. The maximum atomic E-state index is 5.58. The van der Waals surface area contributed by atoms with Crippen molar-refractivity contribution < 1.29 is 4.42 Å². The molecule has 4 rings (SSSR count). The van der Waals surface area contributed by atoms with Crippen LogP contribution in [0.25, 0.3) is 17.2 Å². The first-order valence-electron chi connectivity index (χ1n) is 8.68. The summed E-state index contributed by atoms with van der Waals surface area (Å²) in [6.45, 7) is 6.81. The van der Waals surface area contributed by atoms with E-state index in [2.05, 4.69) is 56.1 Å². The van der Waals surface area contributed by atoms with E-state index >= 15 is 0 Å². The molecule has 0 saturated carbocycles. The zero-order chi connectivity index (χ0) is 18.1. The number of aromatic nitrogens is 5. The van der Waals surface area contributed by atoms with Gasteiger partial charge < -0.3 is 13.6 Å². The molecular weight excluding hydrogens is 326 g/mol. The molecule has 0 aliphatic carbocycles. The Morgan fingerprint density at radius 3 is 2.62 bits per heavy atom. The molecule has 26 heavy (non-hydrogen) atoms. The van der Waals surface area contributed by atoms with Crippen LogP contribution in [-0.4, -0.2) is 24.1 Å². The minimum absolute atomic E-state index is 0.247. The first kappa shape index (κ1) is 16.3. The molecule has 0 aliphatic heterocycles. The number of hydrogen-bond acceptors (Lipinski definition) is 4. The molecule has 6 nitrogen and oxygen atoms in total. The smallest absolute Gasteiger partial charge is 0.197 e. The van der Waals surface area contributed by atoms with Crippen molar-refractivity contribution >= 4 is 0 Å². The third kappa shape index (κ3) is 2.94. The van der Waals surface area contributed by atoms with Crippen LogP contribution in [0.15, 0.2) is 59.7 Å². The molecule has 0 amide bonds. The van der Waals surface area contributed by atoms with Gasteiger partial charge in [0.05, 0.1) is 12.2 Å². The molecule has 1 aromatic carbocycles. The predicted octanol–water partition coefficient (Wildman–Crippen LogP) is 4.20. The van der Waals surface area contributed by atoms with E-state index in [-0.39, 0.29) is 5.92 Å². The molecule has 0 bridgehead atoms. The topological polar surface area (TPSA) is 61.7 Å². The van der Waals surface area contributed by atoms with Crippen molar-refractivity contribution in [2.75, 3.05) is 0 Å². The lowest BCUT2D eigenvalue weighted by Crippen LogP contribution is -2.06. The van der Waals surface area contributed by atoms with Crippen LogP contribution in [0.5, 0.6) is 0 Å². The zero-order valence-corrected chi connectivity index (χ0v) is 15.1. The van der Waals surface area contributed by atoms with E-state index in [1.165, 1.54) is 5.56 Å². The van der Waals surface area contributed by atoms with Crippen LogP contribution >= 0.6 is 0 Å². The number of rotatable bonds is 5. The monoisotopic (exact) mass is 347 g/mol. The van der Waals surface area contributed by atoms with E-state index in [4.69, 9.17) is 4.42 Å². The summed E-state index contributed by atoms with van der Waals surface area (Å²) in [5, 5.41) is 0. The van der Waals surface area contributed by atoms with Gasteiger partial charge in [-0.3, -0.25) is 0 Å². The van der Waals surface area contributed by atoms with E-state index in [0.29, 0.717) is 6.54 Å². The molecule has 0 saturated heterocycles. The van der Waals surface area contributed by atoms with Crippen molar-refractivity contribution in [1.82, 2.24) is 24.1 Å². The van der Waals surface area contributed by atoms with E-state index in [1.807, 2.05) is 31.6 Å². The predicted molar refractivity (Wildman–Crippen MR) is 99.2 cm³/mol. The third-order valence-corrected chi connectivity index (χ3v) is 4.38. The summed E-state index contributed by atoms with van der Waals surface area (Å²) < 4.78 is 9.76. The lowest BCUT2D eigenvalue weighted by molar-refractivity contribution is 0.471. The molecule has 0 atom stereocenters. The average Bonchev–Trinajstić information content (AvgIpc) is 3.35. The minimum atomic E-state index is 0.247. The molecule has 0 aliphatic rings. The highest BCUT2D eigenvalue weighted by Crippen LogP contribution is 2.23. The number of hydrogen-bond donors (Lipinski definition) is 0. The van der Waals surface area contributed by atoms with Crippen LogP contribution in [0.2, 0.25) is 0 Å². The van der Waals surface area contributed by atoms with Gasteiger partial charge in [0.15, 0.2) is 11.7 Å². The van der Waals surface area contributed by atoms with Gasteiger partial charge in [-0.2, -0.15) is 0 Å². The lowest BCUT2D eigenvalue weighted by atomic mass is 10.1. The Morgan fingerprint density at radius 2 is 1.88 bits per heavy atom. The van der Waals surface area contributed by atoms with E-state index in [0.717, 1.165) is 28.9 Å². The molecule has 3 aromatic heterocycles. The van der Waals surface area contributed by atoms with Gasteiger partial charge in [0.25, 0.3) is 0 Å². The van der Waals surface area contributed by atoms with Crippen molar-refractivity contribution in [1.29, 1.82) is 0 Å². The summed E-state index contributed by atoms with van der Waals surface area (Å²) in [7, 11) is 0. The average molecular weight is 347 g/mol. The second kappa shape index (κ2) is 6.63. The largest absolute Gasteiger partial charge is 0.448 e. The normalized spacial score (nSPS) is 11.4. The van der Waals surface area contributed by atoms with Gasteiger partial charge in [-0.25, -0.2) is 15.0 Å². The minimum Gasteiger partial charge on any atom is -0.448 e. The number of aryl methyl sites for hydroxylation is 1.